The summed E-state index contributed by atoms with van der Waals surface area (Å²) in [5.41, 5.74) is 18.9. The third-order valence-electron chi connectivity index (χ3n) is 9.31. The number of nitrogens with two attached hydrogens (primary N) is 2. The van der Waals surface area contributed by atoms with Gasteiger partial charge in [0.05, 0.1) is 39.9 Å². The van der Waals surface area contributed by atoms with Gasteiger partial charge in [0, 0.05) is 61.0 Å². The fourth-order valence-electron chi connectivity index (χ4n) is 6.92. The van der Waals surface area contributed by atoms with Crippen LogP contribution in [0.5, 0.6) is 0 Å². The molecule has 14 heteroatoms. The first-order valence-corrected chi connectivity index (χ1v) is 17.1. The van der Waals surface area contributed by atoms with Crippen molar-refractivity contribution in [1.29, 1.82) is 0 Å². The normalized spacial score (nSPS) is 11.9. The second-order valence-corrected chi connectivity index (χ2v) is 12.9. The lowest BCUT2D eigenvalue weighted by Crippen LogP contribution is -2.15. The number of amides is 2. The molecule has 2 aromatic carbocycles. The molecule has 52 heavy (non-hydrogen) atoms. The molecular formula is C38H39N11O3. The van der Waals surface area contributed by atoms with Gasteiger partial charge in [-0.05, 0) is 69.2 Å². The lowest BCUT2D eigenvalue weighted by Gasteiger charge is -2.10. The second kappa shape index (κ2) is 13.4. The van der Waals surface area contributed by atoms with Crippen LogP contribution >= 0.6 is 0 Å². The number of Topliss-reactive ketones (excluding diaryl/α,β-unsaturated/α-hetero) is 1. The van der Waals surface area contributed by atoms with Crippen LogP contribution in [0.4, 0.5) is 0 Å². The first-order valence-electron chi connectivity index (χ1n) is 17.1. The van der Waals surface area contributed by atoms with E-state index in [9.17, 15) is 14.4 Å². The van der Waals surface area contributed by atoms with Gasteiger partial charge < -0.3 is 20.6 Å². The van der Waals surface area contributed by atoms with E-state index in [1.165, 1.54) is 0 Å². The summed E-state index contributed by atoms with van der Waals surface area (Å²) in [4.78, 5) is 52.4. The van der Waals surface area contributed by atoms with Crippen molar-refractivity contribution in [3.05, 3.63) is 101 Å². The minimum atomic E-state index is -0.546. The Morgan fingerprint density at radius 1 is 0.865 bits per heavy atom. The largest absolute Gasteiger partial charge is 0.366 e. The van der Waals surface area contributed by atoms with Crippen molar-refractivity contribution < 1.29 is 14.4 Å². The van der Waals surface area contributed by atoms with E-state index in [4.69, 9.17) is 26.4 Å². The van der Waals surface area contributed by atoms with Crippen molar-refractivity contribution in [2.45, 2.75) is 60.2 Å². The Hall–Kier alpha value is -6.44. The first kappa shape index (κ1) is 34.0. The number of rotatable bonds is 12. The van der Waals surface area contributed by atoms with Crippen LogP contribution in [0.15, 0.2) is 60.9 Å². The maximum Gasteiger partial charge on any atom is 0.248 e. The van der Waals surface area contributed by atoms with Gasteiger partial charge in [-0.2, -0.15) is 10.2 Å². The summed E-state index contributed by atoms with van der Waals surface area (Å²) in [6.45, 7) is 9.17. The van der Waals surface area contributed by atoms with Gasteiger partial charge >= 0.3 is 0 Å². The van der Waals surface area contributed by atoms with Gasteiger partial charge in [0.15, 0.2) is 11.6 Å². The van der Waals surface area contributed by atoms with E-state index in [1.54, 1.807) is 45.9 Å². The summed E-state index contributed by atoms with van der Waals surface area (Å²) in [7, 11) is 1.87. The Balaban J connectivity index is 1.28. The smallest absolute Gasteiger partial charge is 0.248 e. The molecule has 14 nitrogen and oxygen atoms in total. The van der Waals surface area contributed by atoms with E-state index >= 15 is 0 Å². The van der Waals surface area contributed by atoms with Gasteiger partial charge in [-0.25, -0.2) is 15.0 Å². The predicted molar refractivity (Wildman–Crippen MR) is 198 cm³/mol. The van der Waals surface area contributed by atoms with E-state index < -0.39 is 11.8 Å². The molecule has 4 N–H and O–H groups in total. The average molecular weight is 698 g/mol. The van der Waals surface area contributed by atoms with Crippen molar-refractivity contribution >= 4 is 50.6 Å². The Morgan fingerprint density at radius 3 is 2.33 bits per heavy atom. The zero-order chi connectivity index (χ0) is 36.8. The molecule has 5 heterocycles. The number of ketones is 1. The molecule has 0 unspecified atom stereocenters. The minimum Gasteiger partial charge on any atom is -0.366 e. The third kappa shape index (κ3) is 6.01. The van der Waals surface area contributed by atoms with E-state index in [1.807, 2.05) is 63.7 Å². The number of carbonyl (C=O) groups is 3. The van der Waals surface area contributed by atoms with Crippen LogP contribution in [0.25, 0.3) is 44.4 Å². The minimum absolute atomic E-state index is 0.0435. The molecular weight excluding hydrogens is 658 g/mol. The molecule has 0 aliphatic heterocycles. The number of benzene rings is 2. The number of hydrogen-bond acceptors (Lipinski definition) is 8. The van der Waals surface area contributed by atoms with Gasteiger partial charge in [0.2, 0.25) is 11.8 Å². The Labute approximate surface area is 298 Å². The van der Waals surface area contributed by atoms with Gasteiger partial charge in [-0.15, -0.1) is 0 Å². The number of allylic oxidation sites excluding steroid dienone is 2. The van der Waals surface area contributed by atoms with Crippen LogP contribution < -0.4 is 11.5 Å². The van der Waals surface area contributed by atoms with Gasteiger partial charge in [-0.1, -0.05) is 19.1 Å². The molecule has 264 valence electrons. The fraction of sp³-hybridized carbons (Fsp3) is 0.263. The highest BCUT2D eigenvalue weighted by Gasteiger charge is 2.21. The fourth-order valence-corrected chi connectivity index (χ4v) is 6.92. The van der Waals surface area contributed by atoms with E-state index in [0.717, 1.165) is 50.7 Å². The number of fused-ring (bicyclic) bond motifs is 4. The highest BCUT2D eigenvalue weighted by Crippen LogP contribution is 2.31. The standard InChI is InChI=1S/C38H39N11O3/c1-6-28-27(20-46(5)45-28)37-41-19-26-25-16-23(35(39)51)10-11-30(25)47(38(26)43-37)12-8-9-13-48-33(18-32(50)31-15-22(4)44-49(31)7-2)42-29-17-24(36(40)52)14-21(3)34(29)48/h8-11,14-17,19-20H,6-7,12-13,18H2,1-5H3,(H2,39,51)(H2,40,52)/b9-8+. The van der Waals surface area contributed by atoms with E-state index in [-0.39, 0.29) is 12.2 Å². The number of nitrogens with zero attached hydrogens (tertiary/aromatic N) is 9. The number of aromatic nitrogens is 9. The molecule has 7 aromatic rings. The first-order chi connectivity index (χ1) is 25.0. The molecule has 0 aliphatic rings. The Kier molecular flexibility index (Phi) is 8.74. The average Bonchev–Trinajstić information content (AvgIpc) is 3.87. The quantitative estimate of drug-likeness (QED) is 0.137. The van der Waals surface area contributed by atoms with Crippen molar-refractivity contribution in [2.75, 3.05) is 0 Å². The molecule has 5 aromatic heterocycles. The van der Waals surface area contributed by atoms with E-state index in [0.29, 0.717) is 59.3 Å². The van der Waals surface area contributed by atoms with E-state index in [2.05, 4.69) is 14.8 Å². The van der Waals surface area contributed by atoms with Crippen molar-refractivity contribution in [2.24, 2.45) is 18.5 Å². The number of hydrogen-bond donors (Lipinski definition) is 2. The molecule has 0 atom stereocenters. The highest BCUT2D eigenvalue weighted by molar-refractivity contribution is 6.09. The highest BCUT2D eigenvalue weighted by atomic mass is 16.1. The molecule has 2 amide bonds. The molecule has 0 bridgehead atoms. The van der Waals surface area contributed by atoms with Crippen LogP contribution in [-0.4, -0.2) is 61.2 Å². The molecule has 0 spiro atoms. The predicted octanol–water partition coefficient (Wildman–Crippen LogP) is 4.61. The summed E-state index contributed by atoms with van der Waals surface area (Å²) in [5.74, 6) is -0.0447. The maximum absolute atomic E-state index is 13.6. The topological polar surface area (TPSA) is 187 Å². The number of imidazole rings is 1. The summed E-state index contributed by atoms with van der Waals surface area (Å²) in [5, 5.41) is 10.6. The van der Waals surface area contributed by atoms with Crippen molar-refractivity contribution in [3.8, 4) is 11.4 Å². The molecule has 0 radical (unpaired) electrons. The molecule has 0 fully saturated rings. The SMILES string of the molecule is CCc1nn(C)cc1-c1ncc2c3cc(C(N)=O)ccc3n(C/C=C/Cn3c(CC(=O)c4cc(C)nn4CC)nc4cc(C(N)=O)cc(C)c43)c2n1. The summed E-state index contributed by atoms with van der Waals surface area (Å²) < 4.78 is 7.54. The van der Waals surface area contributed by atoms with Crippen molar-refractivity contribution in [3.63, 3.8) is 0 Å². The zero-order valence-corrected chi connectivity index (χ0v) is 29.7. The van der Waals surface area contributed by atoms with Gasteiger partial charge in [0.1, 0.15) is 17.2 Å². The second-order valence-electron chi connectivity index (χ2n) is 12.9. The van der Waals surface area contributed by atoms with Gasteiger partial charge in [-0.3, -0.25) is 23.7 Å². The number of aryl methyl sites for hydroxylation is 5. The number of primary amides is 2. The van der Waals surface area contributed by atoms with Gasteiger partial charge in [0.25, 0.3) is 0 Å². The lowest BCUT2D eigenvalue weighted by atomic mass is 10.1. The van der Waals surface area contributed by atoms with Crippen LogP contribution in [0.3, 0.4) is 0 Å². The summed E-state index contributed by atoms with van der Waals surface area (Å²) in [6, 6.07) is 10.6. The third-order valence-corrected chi connectivity index (χ3v) is 9.31. The zero-order valence-electron chi connectivity index (χ0n) is 29.7. The molecule has 0 saturated heterocycles. The van der Waals surface area contributed by atoms with Crippen LogP contribution in [0, 0.1) is 13.8 Å². The number of carbonyl (C=O) groups excluding carboxylic acids is 3. The Morgan fingerprint density at radius 2 is 1.62 bits per heavy atom. The summed E-state index contributed by atoms with van der Waals surface area (Å²) in [6.07, 6.45) is 8.53. The monoisotopic (exact) mass is 697 g/mol. The maximum atomic E-state index is 13.6. The molecule has 0 aliphatic carbocycles. The van der Waals surface area contributed by atoms with Crippen LogP contribution in [0.2, 0.25) is 0 Å². The lowest BCUT2D eigenvalue weighted by molar-refractivity contribution is 0.0975. The van der Waals surface area contributed by atoms with Crippen molar-refractivity contribution in [1.82, 2.24) is 43.6 Å². The summed E-state index contributed by atoms with van der Waals surface area (Å²) >= 11 is 0. The van der Waals surface area contributed by atoms with Crippen LogP contribution in [-0.2, 0) is 39.5 Å². The Bertz CT molecular complexity index is 2600. The molecule has 0 saturated carbocycles. The molecule has 7 rings (SSSR count). The van der Waals surface area contributed by atoms with Crippen LogP contribution in [0.1, 0.15) is 67.8 Å².